The van der Waals surface area contributed by atoms with Crippen LogP contribution < -0.4 is 10.6 Å². The van der Waals surface area contributed by atoms with Crippen molar-refractivity contribution in [3.8, 4) is 0 Å². The van der Waals surface area contributed by atoms with Gasteiger partial charge in [0.1, 0.15) is 5.69 Å². The lowest BCUT2D eigenvalue weighted by Crippen LogP contribution is -2.52. The number of amides is 1. The van der Waals surface area contributed by atoms with Gasteiger partial charge in [-0.25, -0.2) is 0 Å². The summed E-state index contributed by atoms with van der Waals surface area (Å²) in [6.45, 7) is 6.18. The van der Waals surface area contributed by atoms with Crippen molar-refractivity contribution in [2.45, 2.75) is 32.7 Å². The van der Waals surface area contributed by atoms with Crippen molar-refractivity contribution in [2.24, 2.45) is 5.41 Å². The van der Waals surface area contributed by atoms with E-state index in [-0.39, 0.29) is 36.1 Å². The van der Waals surface area contributed by atoms with E-state index in [4.69, 9.17) is 0 Å². The van der Waals surface area contributed by atoms with E-state index >= 15 is 0 Å². The molecule has 6 heteroatoms. The van der Waals surface area contributed by atoms with Crippen LogP contribution in [0, 0.1) is 5.41 Å². The van der Waals surface area contributed by atoms with Crippen LogP contribution in [0.5, 0.6) is 0 Å². The number of nitrogens with one attached hydrogen (secondary N) is 2. The van der Waals surface area contributed by atoms with Crippen LogP contribution in [0.25, 0.3) is 0 Å². The zero-order valence-electron chi connectivity index (χ0n) is 11.9. The van der Waals surface area contributed by atoms with Gasteiger partial charge in [0.2, 0.25) is 0 Å². The minimum absolute atomic E-state index is 0. The Kier molecular flexibility index (Phi) is 8.09. The van der Waals surface area contributed by atoms with Crippen molar-refractivity contribution in [3.05, 3.63) is 30.1 Å². The summed E-state index contributed by atoms with van der Waals surface area (Å²) in [6.07, 6.45) is 4.04. The predicted molar refractivity (Wildman–Crippen MR) is 85.9 cm³/mol. The number of carbonyl (C=O) groups is 1. The summed E-state index contributed by atoms with van der Waals surface area (Å²) < 4.78 is 0. The number of halogens is 2. The van der Waals surface area contributed by atoms with E-state index in [0.29, 0.717) is 18.3 Å². The van der Waals surface area contributed by atoms with Gasteiger partial charge in [-0.2, -0.15) is 0 Å². The third kappa shape index (κ3) is 4.93. The number of rotatable bonds is 3. The van der Waals surface area contributed by atoms with Crippen LogP contribution in [-0.4, -0.2) is 30.0 Å². The van der Waals surface area contributed by atoms with E-state index in [1.165, 1.54) is 12.8 Å². The SMILES string of the molecule is CC1(C)CCCNC1CNC(=O)c1ccccn1.Cl.Cl. The smallest absolute Gasteiger partial charge is 0.269 e. The van der Waals surface area contributed by atoms with Gasteiger partial charge < -0.3 is 10.6 Å². The third-order valence-electron chi connectivity index (χ3n) is 3.70. The molecule has 1 aromatic rings. The number of piperidine rings is 1. The van der Waals surface area contributed by atoms with Gasteiger partial charge in [0.05, 0.1) is 0 Å². The Bertz CT molecular complexity index is 412. The molecule has 0 aliphatic carbocycles. The summed E-state index contributed by atoms with van der Waals surface area (Å²) in [4.78, 5) is 15.9. The standard InChI is InChI=1S/C14H21N3O.2ClH/c1-14(2)7-5-9-16-12(14)10-17-13(18)11-6-3-4-8-15-11;;/h3-4,6,8,12,16H,5,7,9-10H2,1-2H3,(H,17,18);2*1H. The summed E-state index contributed by atoms with van der Waals surface area (Å²) in [7, 11) is 0. The highest BCUT2D eigenvalue weighted by molar-refractivity contribution is 5.92. The Morgan fingerprint density at radius 3 is 2.80 bits per heavy atom. The van der Waals surface area contributed by atoms with Gasteiger partial charge in [0.15, 0.2) is 0 Å². The lowest BCUT2D eigenvalue weighted by molar-refractivity contribution is 0.0924. The van der Waals surface area contributed by atoms with Gasteiger partial charge in [-0.1, -0.05) is 19.9 Å². The summed E-state index contributed by atoms with van der Waals surface area (Å²) in [5.41, 5.74) is 0.710. The van der Waals surface area contributed by atoms with Crippen molar-refractivity contribution < 1.29 is 4.79 Å². The molecule has 1 aliphatic heterocycles. The van der Waals surface area contributed by atoms with Crippen LogP contribution >= 0.6 is 24.8 Å². The Balaban J connectivity index is 0.00000180. The highest BCUT2D eigenvalue weighted by atomic mass is 35.5. The number of hydrogen-bond donors (Lipinski definition) is 2. The highest BCUT2D eigenvalue weighted by Gasteiger charge is 2.31. The molecular weight excluding hydrogens is 297 g/mol. The van der Waals surface area contributed by atoms with E-state index in [1.54, 1.807) is 12.3 Å². The molecule has 1 saturated heterocycles. The first-order valence-corrected chi connectivity index (χ1v) is 6.52. The first-order valence-electron chi connectivity index (χ1n) is 6.52. The Morgan fingerprint density at radius 1 is 1.45 bits per heavy atom. The van der Waals surface area contributed by atoms with Gasteiger partial charge in [-0.15, -0.1) is 24.8 Å². The average Bonchev–Trinajstić information content (AvgIpc) is 2.38. The fraction of sp³-hybridized carbons (Fsp3) is 0.571. The van der Waals surface area contributed by atoms with Crippen molar-refractivity contribution >= 4 is 30.7 Å². The highest BCUT2D eigenvalue weighted by Crippen LogP contribution is 2.29. The third-order valence-corrected chi connectivity index (χ3v) is 3.70. The molecule has 114 valence electrons. The molecule has 2 rings (SSSR count). The van der Waals surface area contributed by atoms with Crippen LogP contribution in [0.15, 0.2) is 24.4 Å². The molecular formula is C14H23Cl2N3O. The number of pyridine rings is 1. The second-order valence-electron chi connectivity index (χ2n) is 5.52. The van der Waals surface area contributed by atoms with E-state index in [9.17, 15) is 4.79 Å². The van der Waals surface area contributed by atoms with Crippen LogP contribution in [0.1, 0.15) is 37.2 Å². The van der Waals surface area contributed by atoms with Gasteiger partial charge in [-0.05, 0) is 36.9 Å². The lowest BCUT2D eigenvalue weighted by atomic mass is 9.77. The molecule has 20 heavy (non-hydrogen) atoms. The quantitative estimate of drug-likeness (QED) is 0.899. The first kappa shape index (κ1) is 19.2. The molecule has 1 aliphatic rings. The van der Waals surface area contributed by atoms with Gasteiger partial charge >= 0.3 is 0 Å². The molecule has 0 radical (unpaired) electrons. The summed E-state index contributed by atoms with van der Waals surface area (Å²) in [5.74, 6) is -0.0984. The summed E-state index contributed by atoms with van der Waals surface area (Å²) in [6, 6.07) is 5.70. The molecule has 4 nitrogen and oxygen atoms in total. The minimum atomic E-state index is -0.0984. The summed E-state index contributed by atoms with van der Waals surface area (Å²) in [5, 5.41) is 6.44. The average molecular weight is 320 g/mol. The Labute approximate surface area is 132 Å². The molecule has 1 amide bonds. The summed E-state index contributed by atoms with van der Waals surface area (Å²) >= 11 is 0. The van der Waals surface area contributed by atoms with E-state index in [2.05, 4.69) is 29.5 Å². The van der Waals surface area contributed by atoms with Crippen LogP contribution in [0.2, 0.25) is 0 Å². The van der Waals surface area contributed by atoms with Gasteiger partial charge in [0.25, 0.3) is 5.91 Å². The second kappa shape index (κ2) is 8.45. The van der Waals surface area contributed by atoms with E-state index in [1.807, 2.05) is 12.1 Å². The predicted octanol–water partition coefficient (Wildman–Crippen LogP) is 2.43. The number of hydrogen-bond acceptors (Lipinski definition) is 3. The van der Waals surface area contributed by atoms with Gasteiger partial charge in [0, 0.05) is 18.8 Å². The number of carbonyl (C=O) groups excluding carboxylic acids is 1. The maximum absolute atomic E-state index is 11.9. The number of aromatic nitrogens is 1. The zero-order chi connectivity index (χ0) is 13.0. The first-order chi connectivity index (χ1) is 8.59. The zero-order valence-corrected chi connectivity index (χ0v) is 13.5. The van der Waals surface area contributed by atoms with Crippen LogP contribution in [0.4, 0.5) is 0 Å². The Morgan fingerprint density at radius 2 is 2.20 bits per heavy atom. The monoisotopic (exact) mass is 319 g/mol. The van der Waals surface area contributed by atoms with Crippen LogP contribution in [-0.2, 0) is 0 Å². The van der Waals surface area contributed by atoms with Crippen LogP contribution in [0.3, 0.4) is 0 Å². The minimum Gasteiger partial charge on any atom is -0.349 e. The second-order valence-corrected chi connectivity index (χ2v) is 5.52. The maximum Gasteiger partial charge on any atom is 0.269 e. The normalized spacial score (nSPS) is 20.2. The molecule has 0 bridgehead atoms. The fourth-order valence-electron chi connectivity index (χ4n) is 2.40. The molecule has 1 unspecified atom stereocenters. The van der Waals surface area contributed by atoms with Crippen molar-refractivity contribution in [1.82, 2.24) is 15.6 Å². The molecule has 2 heterocycles. The van der Waals surface area contributed by atoms with Gasteiger partial charge in [-0.3, -0.25) is 9.78 Å². The lowest BCUT2D eigenvalue weighted by Gasteiger charge is -2.39. The number of nitrogens with zero attached hydrogens (tertiary/aromatic N) is 1. The van der Waals surface area contributed by atoms with Crippen molar-refractivity contribution in [2.75, 3.05) is 13.1 Å². The Hall–Kier alpha value is -0.840. The molecule has 2 N–H and O–H groups in total. The topological polar surface area (TPSA) is 54.0 Å². The van der Waals surface area contributed by atoms with Crippen molar-refractivity contribution in [1.29, 1.82) is 0 Å². The van der Waals surface area contributed by atoms with E-state index < -0.39 is 0 Å². The van der Waals surface area contributed by atoms with E-state index in [0.717, 1.165) is 6.54 Å². The molecule has 1 fully saturated rings. The molecule has 1 atom stereocenters. The molecule has 1 aromatic heterocycles. The molecule has 0 aromatic carbocycles. The largest absolute Gasteiger partial charge is 0.349 e. The molecule has 0 saturated carbocycles. The fourth-order valence-corrected chi connectivity index (χ4v) is 2.40. The molecule has 0 spiro atoms. The maximum atomic E-state index is 11.9. The van der Waals surface area contributed by atoms with Crippen molar-refractivity contribution in [3.63, 3.8) is 0 Å².